The molecule has 1 amide bonds. The minimum Gasteiger partial charge on any atom is -0.387 e. The van der Waals surface area contributed by atoms with Gasteiger partial charge in [0.25, 0.3) is 5.91 Å². The van der Waals surface area contributed by atoms with Crippen LogP contribution in [0.25, 0.3) is 0 Å². The van der Waals surface area contributed by atoms with Gasteiger partial charge in [-0.15, -0.1) is 0 Å². The zero-order chi connectivity index (χ0) is 16.7. The van der Waals surface area contributed by atoms with Crippen molar-refractivity contribution >= 4 is 5.91 Å². The molecule has 1 aromatic rings. The number of benzene rings is 1. The van der Waals surface area contributed by atoms with Crippen molar-refractivity contribution in [2.45, 2.75) is 58.2 Å². The fourth-order valence-corrected chi connectivity index (χ4v) is 2.86. The zero-order valence-corrected chi connectivity index (χ0v) is 14.0. The summed E-state index contributed by atoms with van der Waals surface area (Å²) in [5, 5.41) is 12.6. The van der Waals surface area contributed by atoms with Crippen molar-refractivity contribution in [3.63, 3.8) is 0 Å². The second-order valence-corrected chi connectivity index (χ2v) is 6.33. The predicted octanol–water partition coefficient (Wildman–Crippen LogP) is 3.36. The molecular formula is C19H25N3O. The molecule has 23 heavy (non-hydrogen) atoms. The van der Waals surface area contributed by atoms with E-state index in [1.807, 2.05) is 44.2 Å². The molecule has 0 unspecified atom stereocenters. The van der Waals surface area contributed by atoms with E-state index in [9.17, 15) is 10.1 Å². The number of nitrogens with zero attached hydrogens (tertiary/aromatic N) is 2. The average Bonchev–Trinajstić information content (AvgIpc) is 3.07. The Kier molecular flexibility index (Phi) is 6.22. The summed E-state index contributed by atoms with van der Waals surface area (Å²) in [5.74, 6) is -0.211. The minimum absolute atomic E-state index is 0.0333. The summed E-state index contributed by atoms with van der Waals surface area (Å²) in [6, 6.07) is 12.3. The van der Waals surface area contributed by atoms with E-state index in [4.69, 9.17) is 0 Å². The molecule has 0 saturated heterocycles. The monoisotopic (exact) mass is 311 g/mol. The maximum atomic E-state index is 12.7. The van der Waals surface area contributed by atoms with Crippen LogP contribution in [-0.2, 0) is 11.3 Å². The first-order chi connectivity index (χ1) is 11.1. The smallest absolute Gasteiger partial charge is 0.266 e. The van der Waals surface area contributed by atoms with Crippen LogP contribution in [-0.4, -0.2) is 22.9 Å². The third-order valence-electron chi connectivity index (χ3n) is 4.25. The zero-order valence-electron chi connectivity index (χ0n) is 14.0. The number of carbonyl (C=O) groups is 1. The number of nitrogens with one attached hydrogen (secondary N) is 1. The van der Waals surface area contributed by atoms with E-state index in [1.165, 1.54) is 12.8 Å². The van der Waals surface area contributed by atoms with Crippen molar-refractivity contribution in [3.05, 3.63) is 47.7 Å². The lowest BCUT2D eigenvalue weighted by Crippen LogP contribution is -2.37. The van der Waals surface area contributed by atoms with Gasteiger partial charge in [-0.1, -0.05) is 43.2 Å². The molecular weight excluding hydrogens is 286 g/mol. The number of rotatable bonds is 6. The fraction of sp³-hybridized carbons (Fsp3) is 0.474. The van der Waals surface area contributed by atoms with Crippen molar-refractivity contribution in [1.29, 1.82) is 5.26 Å². The van der Waals surface area contributed by atoms with Crippen LogP contribution in [0, 0.1) is 11.3 Å². The molecule has 1 aliphatic carbocycles. The molecule has 4 heteroatoms. The summed E-state index contributed by atoms with van der Waals surface area (Å²) in [6.07, 6.45) is 6.27. The van der Waals surface area contributed by atoms with Crippen LogP contribution < -0.4 is 5.32 Å². The van der Waals surface area contributed by atoms with E-state index >= 15 is 0 Å². The third-order valence-corrected chi connectivity index (χ3v) is 4.25. The summed E-state index contributed by atoms with van der Waals surface area (Å²) in [6.45, 7) is 4.46. The van der Waals surface area contributed by atoms with Crippen molar-refractivity contribution in [1.82, 2.24) is 10.2 Å². The van der Waals surface area contributed by atoms with Crippen LogP contribution in [0.5, 0.6) is 0 Å². The van der Waals surface area contributed by atoms with Crippen LogP contribution in [0.3, 0.4) is 0 Å². The van der Waals surface area contributed by atoms with Crippen LogP contribution in [0.2, 0.25) is 0 Å². The quantitative estimate of drug-likeness (QED) is 0.647. The Morgan fingerprint density at radius 2 is 2.00 bits per heavy atom. The second kappa shape index (κ2) is 8.38. The van der Waals surface area contributed by atoms with Crippen LogP contribution >= 0.6 is 0 Å². The first-order valence-electron chi connectivity index (χ1n) is 8.33. The van der Waals surface area contributed by atoms with Gasteiger partial charge in [0.05, 0.1) is 0 Å². The Labute approximate surface area is 138 Å². The van der Waals surface area contributed by atoms with E-state index in [1.54, 1.807) is 11.1 Å². The lowest BCUT2D eigenvalue weighted by molar-refractivity contribution is -0.129. The van der Waals surface area contributed by atoms with Gasteiger partial charge in [-0.25, -0.2) is 0 Å². The van der Waals surface area contributed by atoms with Crippen LogP contribution in [0.4, 0.5) is 0 Å². The average molecular weight is 311 g/mol. The highest BCUT2D eigenvalue weighted by molar-refractivity contribution is 5.97. The van der Waals surface area contributed by atoms with Gasteiger partial charge in [-0.05, 0) is 32.3 Å². The molecule has 0 aromatic heterocycles. The molecule has 122 valence electrons. The van der Waals surface area contributed by atoms with Gasteiger partial charge in [-0.3, -0.25) is 4.79 Å². The molecule has 4 nitrogen and oxygen atoms in total. The number of carbonyl (C=O) groups excluding carboxylic acids is 1. The highest BCUT2D eigenvalue weighted by Gasteiger charge is 2.22. The van der Waals surface area contributed by atoms with Crippen molar-refractivity contribution in [2.75, 3.05) is 0 Å². The molecule has 1 N–H and O–H groups in total. The lowest BCUT2D eigenvalue weighted by atomic mass is 10.1. The number of amides is 1. The Morgan fingerprint density at radius 1 is 1.35 bits per heavy atom. The van der Waals surface area contributed by atoms with Gasteiger partial charge >= 0.3 is 0 Å². The normalized spacial score (nSPS) is 15.5. The van der Waals surface area contributed by atoms with Crippen molar-refractivity contribution in [3.8, 4) is 6.07 Å². The topological polar surface area (TPSA) is 56.1 Å². The van der Waals surface area contributed by atoms with Gasteiger partial charge in [0, 0.05) is 24.8 Å². The Hall–Kier alpha value is -2.28. The van der Waals surface area contributed by atoms with Crippen molar-refractivity contribution < 1.29 is 4.79 Å². The lowest BCUT2D eigenvalue weighted by Gasteiger charge is -2.26. The van der Waals surface area contributed by atoms with Crippen LogP contribution in [0.1, 0.15) is 45.1 Å². The molecule has 1 fully saturated rings. The van der Waals surface area contributed by atoms with Crippen LogP contribution in [0.15, 0.2) is 42.1 Å². The third kappa shape index (κ3) is 4.85. The molecule has 0 spiro atoms. The molecule has 1 saturated carbocycles. The largest absolute Gasteiger partial charge is 0.387 e. The number of hydrogen-bond donors (Lipinski definition) is 1. The second-order valence-electron chi connectivity index (χ2n) is 6.33. The Morgan fingerprint density at radius 3 is 2.57 bits per heavy atom. The number of hydrogen-bond acceptors (Lipinski definition) is 3. The van der Waals surface area contributed by atoms with Gasteiger partial charge in [0.2, 0.25) is 0 Å². The van der Waals surface area contributed by atoms with E-state index in [0.717, 1.165) is 18.4 Å². The molecule has 1 aromatic carbocycles. The first kappa shape index (κ1) is 17.1. The van der Waals surface area contributed by atoms with E-state index in [0.29, 0.717) is 12.6 Å². The first-order valence-corrected chi connectivity index (χ1v) is 8.33. The van der Waals surface area contributed by atoms with Gasteiger partial charge < -0.3 is 10.2 Å². The minimum atomic E-state index is -0.211. The Bertz CT molecular complexity index is 580. The summed E-state index contributed by atoms with van der Waals surface area (Å²) in [5.41, 5.74) is 1.25. The Balaban J connectivity index is 2.08. The van der Waals surface area contributed by atoms with E-state index in [-0.39, 0.29) is 17.5 Å². The summed E-state index contributed by atoms with van der Waals surface area (Å²) in [4.78, 5) is 14.5. The van der Waals surface area contributed by atoms with E-state index < -0.39 is 0 Å². The molecule has 0 heterocycles. The molecule has 0 aliphatic heterocycles. The van der Waals surface area contributed by atoms with Crippen molar-refractivity contribution in [2.24, 2.45) is 0 Å². The summed E-state index contributed by atoms with van der Waals surface area (Å²) >= 11 is 0. The number of nitriles is 1. The van der Waals surface area contributed by atoms with Gasteiger partial charge in [0.1, 0.15) is 11.6 Å². The van der Waals surface area contributed by atoms with Gasteiger partial charge in [0.15, 0.2) is 0 Å². The molecule has 0 atom stereocenters. The molecule has 2 rings (SSSR count). The van der Waals surface area contributed by atoms with Gasteiger partial charge in [-0.2, -0.15) is 5.26 Å². The molecule has 1 aliphatic rings. The highest BCUT2D eigenvalue weighted by Crippen LogP contribution is 2.18. The maximum Gasteiger partial charge on any atom is 0.266 e. The molecule has 0 bridgehead atoms. The summed E-state index contributed by atoms with van der Waals surface area (Å²) < 4.78 is 0. The maximum absolute atomic E-state index is 12.7. The summed E-state index contributed by atoms with van der Waals surface area (Å²) in [7, 11) is 0. The van der Waals surface area contributed by atoms with E-state index in [2.05, 4.69) is 11.4 Å². The highest BCUT2D eigenvalue weighted by atomic mass is 16.2. The SMILES string of the molecule is CC(C)N(Cc1ccccc1)C(=O)/C(C#N)=C\NC1CCCC1. The fourth-order valence-electron chi connectivity index (χ4n) is 2.86. The predicted molar refractivity (Wildman–Crippen MR) is 91.2 cm³/mol. The molecule has 0 radical (unpaired) electrons. The standard InChI is InChI=1S/C19H25N3O/c1-15(2)22(14-16-8-4-3-5-9-16)19(23)17(12-20)13-21-18-10-6-7-11-18/h3-5,8-9,13,15,18,21H,6-7,10-11,14H2,1-2H3/b17-13-.